The zero-order valence-electron chi connectivity index (χ0n) is 15.3. The highest BCUT2D eigenvalue weighted by molar-refractivity contribution is 7.13. The highest BCUT2D eigenvalue weighted by Gasteiger charge is 2.19. The molecule has 0 aliphatic carbocycles. The van der Waals surface area contributed by atoms with E-state index in [0.717, 1.165) is 54.5 Å². The Kier molecular flexibility index (Phi) is 4.64. The van der Waals surface area contributed by atoms with E-state index in [-0.39, 0.29) is 0 Å². The summed E-state index contributed by atoms with van der Waals surface area (Å²) in [6.07, 6.45) is 6.45. The van der Waals surface area contributed by atoms with Crippen LogP contribution >= 0.6 is 11.3 Å². The second-order valence-electron chi connectivity index (χ2n) is 6.85. The van der Waals surface area contributed by atoms with Crippen molar-refractivity contribution in [2.45, 2.75) is 19.5 Å². The molecule has 0 N–H and O–H groups in total. The molecule has 5 heterocycles. The van der Waals surface area contributed by atoms with Gasteiger partial charge in [-0.3, -0.25) is 14.9 Å². The van der Waals surface area contributed by atoms with Crippen molar-refractivity contribution < 1.29 is 0 Å². The molecule has 28 heavy (non-hydrogen) atoms. The highest BCUT2D eigenvalue weighted by atomic mass is 32.1. The monoisotopic (exact) mass is 385 g/mol. The standard InChI is InChI=1S/C22H19N5S/c1-3-18(25-20(4-1)21-5-2-12-28-21)15-27-11-8-19-17(14-27)13-24-22(26-19)16-6-9-23-10-7-16/h1-7,9-10,12-13H,8,11,14-15H2. The number of hydrogen-bond acceptors (Lipinski definition) is 6. The zero-order valence-corrected chi connectivity index (χ0v) is 16.1. The molecule has 5 rings (SSSR count). The number of nitrogens with zero attached hydrogens (tertiary/aromatic N) is 5. The Balaban J connectivity index is 1.32. The summed E-state index contributed by atoms with van der Waals surface area (Å²) in [7, 11) is 0. The van der Waals surface area contributed by atoms with Crippen molar-refractivity contribution in [3.05, 3.63) is 83.4 Å². The molecule has 5 nitrogen and oxygen atoms in total. The molecular formula is C22H19N5S. The van der Waals surface area contributed by atoms with Gasteiger partial charge in [-0.1, -0.05) is 12.1 Å². The molecule has 0 aromatic carbocycles. The Morgan fingerprint density at radius 3 is 2.79 bits per heavy atom. The lowest BCUT2D eigenvalue weighted by Gasteiger charge is -2.27. The molecule has 1 aliphatic rings. The van der Waals surface area contributed by atoms with E-state index in [9.17, 15) is 0 Å². The van der Waals surface area contributed by atoms with E-state index in [2.05, 4.69) is 50.6 Å². The topological polar surface area (TPSA) is 54.8 Å². The second-order valence-corrected chi connectivity index (χ2v) is 7.80. The van der Waals surface area contributed by atoms with Gasteiger partial charge in [0.25, 0.3) is 0 Å². The van der Waals surface area contributed by atoms with Gasteiger partial charge in [-0.2, -0.15) is 0 Å². The van der Waals surface area contributed by atoms with Crippen molar-refractivity contribution in [1.82, 2.24) is 24.8 Å². The summed E-state index contributed by atoms with van der Waals surface area (Å²) >= 11 is 1.72. The minimum Gasteiger partial charge on any atom is -0.293 e. The first-order valence-corrected chi connectivity index (χ1v) is 10.2. The maximum absolute atomic E-state index is 4.85. The van der Waals surface area contributed by atoms with E-state index in [1.54, 1.807) is 23.7 Å². The van der Waals surface area contributed by atoms with Crippen molar-refractivity contribution in [2.75, 3.05) is 6.54 Å². The first kappa shape index (κ1) is 17.2. The van der Waals surface area contributed by atoms with Gasteiger partial charge >= 0.3 is 0 Å². The van der Waals surface area contributed by atoms with E-state index in [0.29, 0.717) is 0 Å². The van der Waals surface area contributed by atoms with E-state index in [1.807, 2.05) is 18.3 Å². The lowest BCUT2D eigenvalue weighted by atomic mass is 10.1. The molecule has 0 amide bonds. The van der Waals surface area contributed by atoms with Crippen molar-refractivity contribution in [2.24, 2.45) is 0 Å². The Hall–Kier alpha value is -2.96. The summed E-state index contributed by atoms with van der Waals surface area (Å²) in [6.45, 7) is 2.67. The van der Waals surface area contributed by atoms with Crippen LogP contribution in [0.1, 0.15) is 17.0 Å². The molecule has 0 atom stereocenters. The maximum Gasteiger partial charge on any atom is 0.159 e. The molecule has 4 aromatic heterocycles. The molecule has 6 heteroatoms. The molecule has 0 saturated heterocycles. The molecule has 4 aromatic rings. The minimum atomic E-state index is 0.778. The van der Waals surface area contributed by atoms with Crippen LogP contribution in [-0.2, 0) is 19.5 Å². The molecule has 0 bridgehead atoms. The van der Waals surface area contributed by atoms with Crippen LogP contribution in [0.15, 0.2) is 66.4 Å². The maximum atomic E-state index is 4.85. The van der Waals surface area contributed by atoms with Crippen LogP contribution in [0.5, 0.6) is 0 Å². The van der Waals surface area contributed by atoms with Crippen LogP contribution in [-0.4, -0.2) is 31.4 Å². The van der Waals surface area contributed by atoms with Crippen molar-refractivity contribution in [3.8, 4) is 22.0 Å². The third kappa shape index (κ3) is 3.56. The summed E-state index contributed by atoms with van der Waals surface area (Å²) < 4.78 is 0. The molecule has 0 saturated carbocycles. The number of rotatable bonds is 4. The quantitative estimate of drug-likeness (QED) is 0.526. The van der Waals surface area contributed by atoms with Crippen molar-refractivity contribution in [1.29, 1.82) is 0 Å². The number of thiophene rings is 1. The van der Waals surface area contributed by atoms with Crippen LogP contribution in [0.3, 0.4) is 0 Å². The molecule has 1 aliphatic heterocycles. The van der Waals surface area contributed by atoms with E-state index >= 15 is 0 Å². The smallest absolute Gasteiger partial charge is 0.159 e. The summed E-state index contributed by atoms with van der Waals surface area (Å²) in [5.41, 5.74) is 5.52. The largest absolute Gasteiger partial charge is 0.293 e. The molecule has 0 spiro atoms. The summed E-state index contributed by atoms with van der Waals surface area (Å²) in [5, 5.41) is 2.09. The van der Waals surface area contributed by atoms with Gasteiger partial charge in [0, 0.05) is 55.8 Å². The number of fused-ring (bicyclic) bond motifs is 1. The Morgan fingerprint density at radius 1 is 1.00 bits per heavy atom. The fraction of sp³-hybridized carbons (Fsp3) is 0.182. The van der Waals surface area contributed by atoms with Gasteiger partial charge in [0.05, 0.1) is 22.0 Å². The number of pyridine rings is 2. The molecule has 0 fully saturated rings. The first-order valence-electron chi connectivity index (χ1n) is 9.32. The predicted molar refractivity (Wildman–Crippen MR) is 111 cm³/mol. The predicted octanol–water partition coefficient (Wildman–Crippen LogP) is 4.22. The van der Waals surface area contributed by atoms with Crippen molar-refractivity contribution in [3.63, 3.8) is 0 Å². The van der Waals surface area contributed by atoms with Gasteiger partial charge in [0.1, 0.15) is 0 Å². The van der Waals surface area contributed by atoms with Crippen LogP contribution in [0.2, 0.25) is 0 Å². The second kappa shape index (κ2) is 7.58. The molecule has 0 unspecified atom stereocenters. The van der Waals surface area contributed by atoms with Gasteiger partial charge < -0.3 is 0 Å². The van der Waals surface area contributed by atoms with E-state index < -0.39 is 0 Å². The Morgan fingerprint density at radius 2 is 1.93 bits per heavy atom. The normalized spacial score (nSPS) is 14.0. The lowest BCUT2D eigenvalue weighted by Crippen LogP contribution is -2.31. The fourth-order valence-electron chi connectivity index (χ4n) is 3.51. The van der Waals surface area contributed by atoms with Crippen LogP contribution in [0, 0.1) is 0 Å². The van der Waals surface area contributed by atoms with Gasteiger partial charge in [0.15, 0.2) is 5.82 Å². The van der Waals surface area contributed by atoms with Crippen LogP contribution < -0.4 is 0 Å². The Labute approximate surface area is 167 Å². The van der Waals surface area contributed by atoms with Crippen molar-refractivity contribution >= 4 is 11.3 Å². The highest BCUT2D eigenvalue weighted by Crippen LogP contribution is 2.24. The number of hydrogen-bond donors (Lipinski definition) is 0. The van der Waals surface area contributed by atoms with Gasteiger partial charge in [0.2, 0.25) is 0 Å². The minimum absolute atomic E-state index is 0.778. The molecule has 0 radical (unpaired) electrons. The van der Waals surface area contributed by atoms with Gasteiger partial charge in [-0.25, -0.2) is 9.97 Å². The van der Waals surface area contributed by atoms with Crippen LogP contribution in [0.4, 0.5) is 0 Å². The fourth-order valence-corrected chi connectivity index (χ4v) is 4.20. The SMILES string of the molecule is c1cc(CN2CCc3nc(-c4ccncc4)ncc3C2)nc(-c2cccs2)c1. The summed E-state index contributed by atoms with van der Waals surface area (Å²) in [6, 6.07) is 14.4. The molecule has 138 valence electrons. The third-order valence-corrected chi connectivity index (χ3v) is 5.81. The van der Waals surface area contributed by atoms with E-state index in [1.165, 1.54) is 10.4 Å². The van der Waals surface area contributed by atoms with E-state index in [4.69, 9.17) is 9.97 Å². The third-order valence-electron chi connectivity index (χ3n) is 4.92. The average molecular weight is 385 g/mol. The molecular weight excluding hydrogens is 366 g/mol. The lowest BCUT2D eigenvalue weighted by molar-refractivity contribution is 0.240. The average Bonchev–Trinajstić information content (AvgIpc) is 3.29. The van der Waals surface area contributed by atoms with Crippen LogP contribution in [0.25, 0.3) is 22.0 Å². The van der Waals surface area contributed by atoms with Gasteiger partial charge in [-0.15, -0.1) is 11.3 Å². The Bertz CT molecular complexity index is 1080. The summed E-state index contributed by atoms with van der Waals surface area (Å²) in [4.78, 5) is 21.9. The number of aromatic nitrogens is 4. The zero-order chi connectivity index (χ0) is 18.8. The summed E-state index contributed by atoms with van der Waals surface area (Å²) in [5.74, 6) is 0.778. The first-order chi connectivity index (χ1) is 13.8. The van der Waals surface area contributed by atoms with Gasteiger partial charge in [-0.05, 0) is 35.7 Å².